The Balaban J connectivity index is 2.12. The molecule has 1 unspecified atom stereocenters. The standard InChI is InChI=1S/C3H5BrO3/c4-3-1-2-5-7-6-3/h3H,1-2H2. The fourth-order valence-electron chi connectivity index (χ4n) is 0.293. The number of rotatable bonds is 0. The third-order valence-corrected chi connectivity index (χ3v) is 1.23. The predicted octanol–water partition coefficient (Wildman–Crippen LogP) is 0.991. The molecule has 0 aromatic heterocycles. The van der Waals surface area contributed by atoms with Gasteiger partial charge in [-0.2, -0.15) is 4.89 Å². The summed E-state index contributed by atoms with van der Waals surface area (Å²) in [6.45, 7) is 0.593. The Morgan fingerprint density at radius 1 is 1.57 bits per heavy atom. The zero-order valence-corrected chi connectivity index (χ0v) is 5.18. The molecule has 0 bridgehead atoms. The molecule has 4 heteroatoms. The van der Waals surface area contributed by atoms with Gasteiger partial charge in [0.15, 0.2) is 5.01 Å². The van der Waals surface area contributed by atoms with E-state index in [2.05, 4.69) is 30.7 Å². The second-order valence-corrected chi connectivity index (χ2v) is 2.21. The largest absolute Gasteiger partial charge is 0.206 e. The molecule has 0 spiro atoms. The van der Waals surface area contributed by atoms with Crippen LogP contribution in [0.5, 0.6) is 0 Å². The van der Waals surface area contributed by atoms with Crippen molar-refractivity contribution < 1.29 is 14.8 Å². The molecule has 1 saturated heterocycles. The van der Waals surface area contributed by atoms with E-state index in [-0.39, 0.29) is 5.01 Å². The maximum Gasteiger partial charge on any atom is 0.153 e. The molecular weight excluding hydrogens is 164 g/mol. The molecule has 0 amide bonds. The molecule has 1 aliphatic heterocycles. The van der Waals surface area contributed by atoms with Gasteiger partial charge in [-0.1, -0.05) is 21.0 Å². The van der Waals surface area contributed by atoms with Gasteiger partial charge in [-0.15, -0.1) is 0 Å². The Morgan fingerprint density at radius 2 is 2.43 bits per heavy atom. The summed E-state index contributed by atoms with van der Waals surface area (Å²) < 4.78 is 0. The van der Waals surface area contributed by atoms with Crippen LogP contribution in [0.2, 0.25) is 0 Å². The minimum atomic E-state index is 0.00116. The highest BCUT2D eigenvalue weighted by Crippen LogP contribution is 2.11. The highest BCUT2D eigenvalue weighted by molar-refractivity contribution is 9.09. The first-order valence-electron chi connectivity index (χ1n) is 1.98. The van der Waals surface area contributed by atoms with Gasteiger partial charge in [0.2, 0.25) is 0 Å². The first kappa shape index (κ1) is 5.50. The Hall–Kier alpha value is 0.360. The Bertz CT molecular complexity index is 52.1. The summed E-state index contributed by atoms with van der Waals surface area (Å²) in [6.07, 6.45) is 0.833. The van der Waals surface area contributed by atoms with E-state index in [4.69, 9.17) is 0 Å². The molecule has 1 aliphatic rings. The summed E-state index contributed by atoms with van der Waals surface area (Å²) in [5.74, 6) is 0. The van der Waals surface area contributed by atoms with Crippen molar-refractivity contribution in [2.75, 3.05) is 6.61 Å². The lowest BCUT2D eigenvalue weighted by atomic mass is 10.5. The highest BCUT2D eigenvalue weighted by atomic mass is 79.9. The van der Waals surface area contributed by atoms with Gasteiger partial charge in [-0.25, -0.2) is 4.89 Å². The van der Waals surface area contributed by atoms with Crippen LogP contribution in [0.3, 0.4) is 0 Å². The van der Waals surface area contributed by atoms with Gasteiger partial charge in [-0.05, 0) is 0 Å². The molecule has 0 saturated carbocycles. The van der Waals surface area contributed by atoms with E-state index < -0.39 is 0 Å². The molecular formula is C3H5BrO3. The van der Waals surface area contributed by atoms with Gasteiger partial charge < -0.3 is 0 Å². The van der Waals surface area contributed by atoms with Crippen molar-refractivity contribution in [3.05, 3.63) is 0 Å². The van der Waals surface area contributed by atoms with Gasteiger partial charge in [0, 0.05) is 6.42 Å². The van der Waals surface area contributed by atoms with Crippen LogP contribution in [0, 0.1) is 0 Å². The second kappa shape index (κ2) is 2.61. The third-order valence-electron chi connectivity index (χ3n) is 0.620. The van der Waals surface area contributed by atoms with Crippen molar-refractivity contribution in [3.8, 4) is 0 Å². The van der Waals surface area contributed by atoms with Crippen molar-refractivity contribution in [1.29, 1.82) is 0 Å². The van der Waals surface area contributed by atoms with Crippen LogP contribution in [0.15, 0.2) is 0 Å². The van der Waals surface area contributed by atoms with Gasteiger partial charge in [0.05, 0.1) is 6.61 Å². The molecule has 1 heterocycles. The molecule has 0 aliphatic carbocycles. The second-order valence-electron chi connectivity index (χ2n) is 1.18. The maximum atomic E-state index is 4.47. The average Bonchev–Trinajstić information content (AvgIpc) is 1.69. The summed E-state index contributed by atoms with van der Waals surface area (Å²) in [5.41, 5.74) is 0. The van der Waals surface area contributed by atoms with Gasteiger partial charge >= 0.3 is 0 Å². The van der Waals surface area contributed by atoms with Crippen LogP contribution in [0.25, 0.3) is 0 Å². The number of alkyl halides is 1. The van der Waals surface area contributed by atoms with E-state index >= 15 is 0 Å². The van der Waals surface area contributed by atoms with E-state index in [0.29, 0.717) is 6.61 Å². The Labute approximate surface area is 49.5 Å². The van der Waals surface area contributed by atoms with Crippen molar-refractivity contribution in [2.24, 2.45) is 0 Å². The number of halogens is 1. The molecule has 7 heavy (non-hydrogen) atoms. The maximum absolute atomic E-state index is 4.47. The first-order chi connectivity index (χ1) is 3.39. The van der Waals surface area contributed by atoms with E-state index in [1.165, 1.54) is 0 Å². The van der Waals surface area contributed by atoms with Crippen LogP contribution in [0.1, 0.15) is 6.42 Å². The predicted molar refractivity (Wildman–Crippen MR) is 25.5 cm³/mol. The monoisotopic (exact) mass is 168 g/mol. The summed E-state index contributed by atoms with van der Waals surface area (Å²) in [4.78, 5) is 8.86. The van der Waals surface area contributed by atoms with Crippen LogP contribution in [-0.4, -0.2) is 11.6 Å². The Morgan fingerprint density at radius 3 is 2.71 bits per heavy atom. The van der Waals surface area contributed by atoms with E-state index in [0.717, 1.165) is 6.42 Å². The number of hydrogen-bond donors (Lipinski definition) is 0. The fraction of sp³-hybridized carbons (Fsp3) is 1.00. The zero-order valence-electron chi connectivity index (χ0n) is 3.59. The first-order valence-corrected chi connectivity index (χ1v) is 2.90. The average molecular weight is 169 g/mol. The topological polar surface area (TPSA) is 27.7 Å². The molecule has 0 aromatic carbocycles. The van der Waals surface area contributed by atoms with Crippen molar-refractivity contribution in [1.82, 2.24) is 0 Å². The van der Waals surface area contributed by atoms with Crippen molar-refractivity contribution in [3.63, 3.8) is 0 Å². The minimum absolute atomic E-state index is 0.00116. The molecule has 42 valence electrons. The normalized spacial score (nSPS) is 33.0. The van der Waals surface area contributed by atoms with Gasteiger partial charge in [0.1, 0.15) is 0 Å². The van der Waals surface area contributed by atoms with Crippen LogP contribution >= 0.6 is 15.9 Å². The molecule has 1 fully saturated rings. The lowest BCUT2D eigenvalue weighted by Crippen LogP contribution is -2.15. The molecule has 1 rings (SSSR count). The van der Waals surface area contributed by atoms with Crippen molar-refractivity contribution >= 4 is 15.9 Å². The summed E-state index contributed by atoms with van der Waals surface area (Å²) in [5, 5.41) is 4.14. The smallest absolute Gasteiger partial charge is 0.153 e. The Kier molecular flexibility index (Phi) is 2.05. The number of hydrogen-bond acceptors (Lipinski definition) is 3. The van der Waals surface area contributed by atoms with E-state index in [1.54, 1.807) is 0 Å². The highest BCUT2D eigenvalue weighted by Gasteiger charge is 2.10. The molecule has 0 N–H and O–H groups in total. The summed E-state index contributed by atoms with van der Waals surface area (Å²) in [6, 6.07) is 0. The SMILES string of the molecule is BrC1CCOOO1. The van der Waals surface area contributed by atoms with Crippen LogP contribution < -0.4 is 0 Å². The third kappa shape index (κ3) is 1.73. The van der Waals surface area contributed by atoms with Gasteiger partial charge in [-0.3, -0.25) is 0 Å². The van der Waals surface area contributed by atoms with Crippen LogP contribution in [-0.2, 0) is 14.8 Å². The van der Waals surface area contributed by atoms with Crippen molar-refractivity contribution in [2.45, 2.75) is 11.4 Å². The van der Waals surface area contributed by atoms with Gasteiger partial charge in [0.25, 0.3) is 0 Å². The van der Waals surface area contributed by atoms with E-state index in [9.17, 15) is 0 Å². The van der Waals surface area contributed by atoms with Crippen LogP contribution in [0.4, 0.5) is 0 Å². The van der Waals surface area contributed by atoms with E-state index in [1.807, 2.05) is 0 Å². The molecule has 0 aromatic rings. The summed E-state index contributed by atoms with van der Waals surface area (Å²) in [7, 11) is 0. The zero-order chi connectivity index (χ0) is 5.11. The lowest BCUT2D eigenvalue weighted by molar-refractivity contribution is -0.537. The minimum Gasteiger partial charge on any atom is -0.206 e. The summed E-state index contributed by atoms with van der Waals surface area (Å²) >= 11 is 3.16. The molecule has 0 radical (unpaired) electrons. The molecule has 3 nitrogen and oxygen atoms in total. The fourth-order valence-corrected chi connectivity index (χ4v) is 0.543. The quantitative estimate of drug-likeness (QED) is 0.399. The lowest BCUT2D eigenvalue weighted by Gasteiger charge is -2.13. The molecule has 1 atom stereocenters.